The summed E-state index contributed by atoms with van der Waals surface area (Å²) in [4.78, 5) is 10.2. The molecule has 1 aromatic rings. The topological polar surface area (TPSA) is 77.8 Å². The summed E-state index contributed by atoms with van der Waals surface area (Å²) in [6, 6.07) is 0.386. The van der Waals surface area contributed by atoms with Crippen LogP contribution < -0.4 is 0 Å². The van der Waals surface area contributed by atoms with Crippen LogP contribution in [0, 0.1) is 11.6 Å². The summed E-state index contributed by atoms with van der Waals surface area (Å²) in [5.74, 6) is -7.35. The summed E-state index contributed by atoms with van der Waals surface area (Å²) in [6.07, 6.45) is 0. The van der Waals surface area contributed by atoms with Crippen LogP contribution in [0.25, 0.3) is 0 Å². The Morgan fingerprint density at radius 2 is 1.54 bits per heavy atom. The molecule has 0 spiro atoms. The number of aromatic carboxylic acids is 1. The van der Waals surface area contributed by atoms with Crippen molar-refractivity contribution in [2.45, 2.75) is 0 Å². The van der Waals surface area contributed by atoms with Crippen LogP contribution in [0.2, 0.25) is 0 Å². The first-order valence-electron chi connectivity index (χ1n) is 3.08. The van der Waals surface area contributed by atoms with Crippen molar-refractivity contribution in [1.82, 2.24) is 0 Å². The number of carboxylic acids is 1. The van der Waals surface area contributed by atoms with Crippen LogP contribution in [-0.2, 0) is 0 Å². The quantitative estimate of drug-likeness (QED) is 0.619. The molecule has 1 rings (SSSR count). The van der Waals surface area contributed by atoms with Gasteiger partial charge in [-0.05, 0) is 0 Å². The van der Waals surface area contributed by atoms with Crippen molar-refractivity contribution < 1.29 is 28.9 Å². The van der Waals surface area contributed by atoms with E-state index in [0.717, 1.165) is 0 Å². The van der Waals surface area contributed by atoms with Gasteiger partial charge in [0.25, 0.3) is 0 Å². The first-order valence-corrected chi connectivity index (χ1v) is 3.08. The molecule has 0 aromatic heterocycles. The van der Waals surface area contributed by atoms with Gasteiger partial charge in [0.05, 0.1) is 0 Å². The minimum atomic E-state index is -1.90. The number of phenolic OH excluding ortho intramolecular Hbond substituents is 2. The Morgan fingerprint density at radius 3 is 1.85 bits per heavy atom. The number of hydrogen-bond acceptors (Lipinski definition) is 3. The summed E-state index contributed by atoms with van der Waals surface area (Å²) in [7, 11) is 0. The van der Waals surface area contributed by atoms with E-state index in [1.807, 2.05) is 0 Å². The van der Waals surface area contributed by atoms with Crippen LogP contribution in [0.1, 0.15) is 10.4 Å². The average molecular weight is 190 g/mol. The highest BCUT2D eigenvalue weighted by Crippen LogP contribution is 2.29. The maximum Gasteiger partial charge on any atom is 0.342 e. The number of carbonyl (C=O) groups is 1. The normalized spacial score (nSPS) is 10.0. The maximum atomic E-state index is 12.7. The zero-order valence-corrected chi connectivity index (χ0v) is 6.08. The second-order valence-electron chi connectivity index (χ2n) is 2.22. The predicted molar refractivity (Wildman–Crippen MR) is 36.6 cm³/mol. The van der Waals surface area contributed by atoms with Gasteiger partial charge in [0, 0.05) is 6.07 Å². The summed E-state index contributed by atoms with van der Waals surface area (Å²) in [5.41, 5.74) is -1.38. The fraction of sp³-hybridized carbons (Fsp3) is 0. The third kappa shape index (κ3) is 1.37. The molecule has 4 nitrogen and oxygen atoms in total. The highest BCUT2D eigenvalue weighted by Gasteiger charge is 2.23. The van der Waals surface area contributed by atoms with Gasteiger partial charge < -0.3 is 15.3 Å². The molecule has 0 aliphatic rings. The minimum Gasteiger partial charge on any atom is -0.505 e. The highest BCUT2D eigenvalue weighted by molar-refractivity contribution is 5.89. The van der Waals surface area contributed by atoms with E-state index in [-0.39, 0.29) is 0 Å². The molecule has 1 aromatic carbocycles. The molecule has 0 heterocycles. The Labute approximate surface area is 70.7 Å². The fourth-order valence-corrected chi connectivity index (χ4v) is 0.796. The molecule has 0 radical (unpaired) electrons. The van der Waals surface area contributed by atoms with Gasteiger partial charge in [-0.3, -0.25) is 0 Å². The molecular formula is C7H4F2O4. The molecule has 0 saturated carbocycles. The molecule has 0 fully saturated rings. The van der Waals surface area contributed by atoms with Crippen LogP contribution >= 0.6 is 0 Å². The second kappa shape index (κ2) is 2.89. The predicted octanol–water partition coefficient (Wildman–Crippen LogP) is 1.07. The van der Waals surface area contributed by atoms with Gasteiger partial charge in [0.15, 0.2) is 23.1 Å². The molecule has 0 unspecified atom stereocenters. The SMILES string of the molecule is O=C(O)c1c(F)c(O)cc(O)c1F. The molecular weight excluding hydrogens is 186 g/mol. The average Bonchev–Trinajstić information content (AvgIpc) is 2.01. The summed E-state index contributed by atoms with van der Waals surface area (Å²) in [5, 5.41) is 25.7. The fourth-order valence-electron chi connectivity index (χ4n) is 0.796. The zero-order chi connectivity index (χ0) is 10.2. The van der Waals surface area contributed by atoms with E-state index >= 15 is 0 Å². The first kappa shape index (κ1) is 9.24. The van der Waals surface area contributed by atoms with Gasteiger partial charge in [-0.2, -0.15) is 0 Å². The van der Waals surface area contributed by atoms with Crippen molar-refractivity contribution in [3.05, 3.63) is 23.3 Å². The van der Waals surface area contributed by atoms with Crippen molar-refractivity contribution >= 4 is 5.97 Å². The molecule has 0 amide bonds. The Morgan fingerprint density at radius 1 is 1.15 bits per heavy atom. The lowest BCUT2D eigenvalue weighted by Gasteiger charge is -2.03. The van der Waals surface area contributed by atoms with Crippen molar-refractivity contribution in [1.29, 1.82) is 0 Å². The monoisotopic (exact) mass is 190 g/mol. The molecule has 0 atom stereocenters. The van der Waals surface area contributed by atoms with E-state index in [4.69, 9.17) is 15.3 Å². The molecule has 0 bridgehead atoms. The third-order valence-electron chi connectivity index (χ3n) is 1.38. The van der Waals surface area contributed by atoms with Gasteiger partial charge >= 0.3 is 5.97 Å². The number of carboxylic acid groups (broad SMARTS) is 1. The smallest absolute Gasteiger partial charge is 0.342 e. The van der Waals surface area contributed by atoms with Gasteiger partial charge in [0.1, 0.15) is 5.56 Å². The van der Waals surface area contributed by atoms with Gasteiger partial charge in [0.2, 0.25) is 0 Å². The number of halogens is 2. The van der Waals surface area contributed by atoms with E-state index in [1.165, 1.54) is 0 Å². The van der Waals surface area contributed by atoms with E-state index in [2.05, 4.69) is 0 Å². The lowest BCUT2D eigenvalue weighted by Crippen LogP contribution is -2.04. The van der Waals surface area contributed by atoms with Gasteiger partial charge in [-0.1, -0.05) is 0 Å². The number of phenols is 2. The maximum absolute atomic E-state index is 12.7. The summed E-state index contributed by atoms with van der Waals surface area (Å²) in [6.45, 7) is 0. The zero-order valence-electron chi connectivity index (χ0n) is 6.08. The van der Waals surface area contributed by atoms with Crippen LogP contribution in [0.4, 0.5) is 8.78 Å². The van der Waals surface area contributed by atoms with E-state index in [1.54, 1.807) is 0 Å². The largest absolute Gasteiger partial charge is 0.505 e. The number of aromatic hydroxyl groups is 2. The standard InChI is InChI=1S/C7H4F2O4/c8-5-2(10)1-3(11)6(9)4(5)7(12)13/h1,10-11H,(H,12,13). The lowest BCUT2D eigenvalue weighted by atomic mass is 10.1. The van der Waals surface area contributed by atoms with Crippen molar-refractivity contribution in [2.24, 2.45) is 0 Å². The number of rotatable bonds is 1. The molecule has 0 aliphatic carbocycles. The van der Waals surface area contributed by atoms with Crippen LogP contribution in [0.15, 0.2) is 6.07 Å². The van der Waals surface area contributed by atoms with Crippen molar-refractivity contribution in [3.63, 3.8) is 0 Å². The molecule has 6 heteroatoms. The van der Waals surface area contributed by atoms with Crippen LogP contribution in [0.5, 0.6) is 11.5 Å². The van der Waals surface area contributed by atoms with Gasteiger partial charge in [-0.15, -0.1) is 0 Å². The first-order chi connectivity index (χ1) is 5.95. The Kier molecular flexibility index (Phi) is 2.05. The lowest BCUT2D eigenvalue weighted by molar-refractivity contribution is 0.0684. The molecule has 3 N–H and O–H groups in total. The number of hydrogen-bond donors (Lipinski definition) is 3. The van der Waals surface area contributed by atoms with Crippen molar-refractivity contribution in [3.8, 4) is 11.5 Å². The summed E-state index contributed by atoms with van der Waals surface area (Å²) < 4.78 is 25.4. The Bertz CT molecular complexity index is 349. The highest BCUT2D eigenvalue weighted by atomic mass is 19.1. The van der Waals surface area contributed by atoms with Crippen LogP contribution in [-0.4, -0.2) is 21.3 Å². The van der Waals surface area contributed by atoms with Crippen molar-refractivity contribution in [2.75, 3.05) is 0 Å². The Hall–Kier alpha value is -1.85. The van der Waals surface area contributed by atoms with Gasteiger partial charge in [-0.25, -0.2) is 13.6 Å². The van der Waals surface area contributed by atoms with E-state index in [0.29, 0.717) is 6.07 Å². The second-order valence-corrected chi connectivity index (χ2v) is 2.22. The minimum absolute atomic E-state index is 0.386. The molecule has 0 saturated heterocycles. The molecule has 70 valence electrons. The van der Waals surface area contributed by atoms with Crippen LogP contribution in [0.3, 0.4) is 0 Å². The Balaban J connectivity index is 3.56. The number of benzene rings is 1. The third-order valence-corrected chi connectivity index (χ3v) is 1.38. The summed E-state index contributed by atoms with van der Waals surface area (Å²) >= 11 is 0. The van der Waals surface area contributed by atoms with E-state index in [9.17, 15) is 13.6 Å². The molecule has 13 heavy (non-hydrogen) atoms. The van der Waals surface area contributed by atoms with E-state index < -0.39 is 34.7 Å². The molecule has 0 aliphatic heterocycles.